The normalized spacial score (nSPS) is 23.7. The molecule has 1 aliphatic carbocycles. The number of anilines is 2. The Morgan fingerprint density at radius 2 is 1.51 bits per heavy atom. The quantitative estimate of drug-likeness (QED) is 0.378. The number of ether oxygens (including phenoxy) is 2. The molecule has 0 fully saturated rings. The highest BCUT2D eigenvalue weighted by Crippen LogP contribution is 2.49. The van der Waals surface area contributed by atoms with Gasteiger partial charge in [-0.3, -0.25) is 0 Å². The second-order valence-electron chi connectivity index (χ2n) is 12.0. The van der Waals surface area contributed by atoms with Gasteiger partial charge in [0.15, 0.2) is 0 Å². The molecule has 0 radical (unpaired) electrons. The number of fused-ring (bicyclic) bond motifs is 2. The van der Waals surface area contributed by atoms with Crippen molar-refractivity contribution in [2.45, 2.75) is 63.8 Å². The molecule has 5 heteroatoms. The van der Waals surface area contributed by atoms with Crippen LogP contribution >= 0.6 is 11.6 Å². The number of allylic oxidation sites excluding steroid dienone is 7. The zero-order valence-electron chi connectivity index (χ0n) is 24.6. The van der Waals surface area contributed by atoms with Crippen LogP contribution in [-0.4, -0.2) is 34.4 Å². The van der Waals surface area contributed by atoms with E-state index in [4.69, 9.17) is 21.1 Å². The fourth-order valence-corrected chi connectivity index (χ4v) is 6.98. The van der Waals surface area contributed by atoms with Crippen LogP contribution in [0.5, 0.6) is 11.5 Å². The first-order valence-electron chi connectivity index (χ1n) is 13.8. The molecule has 0 spiro atoms. The number of likely N-dealkylation sites (N-methyl/N-ethyl adjacent to an activating group) is 2. The summed E-state index contributed by atoms with van der Waals surface area (Å²) in [5.74, 6) is 1.79. The highest BCUT2D eigenvalue weighted by Gasteiger charge is 2.42. The fourth-order valence-electron chi connectivity index (χ4n) is 6.67. The van der Waals surface area contributed by atoms with Gasteiger partial charge in [0.2, 0.25) is 0 Å². The largest absolute Gasteiger partial charge is 0.497 e. The number of methoxy groups -OCH3 is 2. The number of hydrogen-bond acceptors (Lipinski definition) is 4. The summed E-state index contributed by atoms with van der Waals surface area (Å²) in [6.07, 6.45) is 12.2. The Morgan fingerprint density at radius 3 is 2.18 bits per heavy atom. The molecule has 1 unspecified atom stereocenters. The number of hydrogen-bond donors (Lipinski definition) is 0. The molecule has 2 aromatic rings. The lowest BCUT2D eigenvalue weighted by atomic mass is 9.80. The van der Waals surface area contributed by atoms with Crippen molar-refractivity contribution in [3.8, 4) is 11.5 Å². The zero-order valence-corrected chi connectivity index (χ0v) is 25.3. The molecule has 2 heterocycles. The Morgan fingerprint density at radius 1 is 0.872 bits per heavy atom. The molecule has 0 saturated heterocycles. The summed E-state index contributed by atoms with van der Waals surface area (Å²) in [4.78, 5) is 4.66. The van der Waals surface area contributed by atoms with Gasteiger partial charge >= 0.3 is 0 Å². The van der Waals surface area contributed by atoms with Gasteiger partial charge in [-0.25, -0.2) is 0 Å². The summed E-state index contributed by atoms with van der Waals surface area (Å²) in [7, 11) is 7.77. The van der Waals surface area contributed by atoms with Gasteiger partial charge in [0, 0.05) is 47.0 Å². The summed E-state index contributed by atoms with van der Waals surface area (Å²) < 4.78 is 11.0. The van der Waals surface area contributed by atoms with Crippen molar-refractivity contribution in [1.29, 1.82) is 0 Å². The minimum atomic E-state index is -0.125. The summed E-state index contributed by atoms with van der Waals surface area (Å²) in [6, 6.07) is 13.0. The molecule has 39 heavy (non-hydrogen) atoms. The molecule has 0 saturated carbocycles. The van der Waals surface area contributed by atoms with Gasteiger partial charge in [0.05, 0.1) is 20.3 Å². The summed E-state index contributed by atoms with van der Waals surface area (Å²) >= 11 is 7.06. The first kappa shape index (κ1) is 27.5. The van der Waals surface area contributed by atoms with Crippen molar-refractivity contribution in [3.05, 3.63) is 93.7 Å². The third-order valence-corrected chi connectivity index (χ3v) is 9.54. The van der Waals surface area contributed by atoms with Crippen molar-refractivity contribution in [2.75, 3.05) is 38.1 Å². The van der Waals surface area contributed by atoms with Gasteiger partial charge in [0.25, 0.3) is 0 Å². The van der Waals surface area contributed by atoms with Crippen LogP contribution in [0.25, 0.3) is 0 Å². The molecule has 2 aliphatic heterocycles. The van der Waals surface area contributed by atoms with Gasteiger partial charge in [-0.15, -0.1) is 0 Å². The van der Waals surface area contributed by atoms with Crippen LogP contribution in [0.3, 0.4) is 0 Å². The van der Waals surface area contributed by atoms with Gasteiger partial charge in [-0.05, 0) is 84.0 Å². The van der Waals surface area contributed by atoms with E-state index in [1.165, 1.54) is 39.3 Å². The maximum atomic E-state index is 7.06. The Hall–Kier alpha value is -3.11. The number of rotatable bonds is 5. The zero-order chi connectivity index (χ0) is 28.1. The average Bonchev–Trinajstić information content (AvgIpc) is 3.23. The average molecular weight is 545 g/mol. The fraction of sp³-hybridized carbons (Fsp3) is 0.412. The smallest absolute Gasteiger partial charge is 0.119 e. The van der Waals surface area contributed by atoms with Gasteiger partial charge < -0.3 is 19.3 Å². The van der Waals surface area contributed by atoms with Crippen LogP contribution in [0, 0.1) is 0 Å². The number of halogens is 1. The summed E-state index contributed by atoms with van der Waals surface area (Å²) in [5.41, 5.74) is 8.59. The lowest BCUT2D eigenvalue weighted by molar-refractivity contribution is 0.412. The molecule has 3 aliphatic rings. The van der Waals surface area contributed by atoms with E-state index in [0.29, 0.717) is 0 Å². The van der Waals surface area contributed by atoms with Gasteiger partial charge in [0.1, 0.15) is 11.5 Å². The molecule has 1 atom stereocenters. The van der Waals surface area contributed by atoms with E-state index in [1.807, 2.05) is 12.1 Å². The van der Waals surface area contributed by atoms with E-state index >= 15 is 0 Å². The number of benzene rings is 2. The molecule has 4 nitrogen and oxygen atoms in total. The lowest BCUT2D eigenvalue weighted by Crippen LogP contribution is -2.37. The van der Waals surface area contributed by atoms with Crippen LogP contribution in [0.15, 0.2) is 82.6 Å². The van der Waals surface area contributed by atoms with Crippen molar-refractivity contribution in [1.82, 2.24) is 0 Å². The molecule has 206 valence electrons. The van der Waals surface area contributed by atoms with Gasteiger partial charge in [-0.1, -0.05) is 57.5 Å². The molecular formula is C34H41ClN2O2. The Balaban J connectivity index is 1.42. The molecule has 5 rings (SSSR count). The second-order valence-corrected chi connectivity index (χ2v) is 12.4. The van der Waals surface area contributed by atoms with E-state index in [1.54, 1.807) is 14.2 Å². The van der Waals surface area contributed by atoms with Crippen molar-refractivity contribution in [3.63, 3.8) is 0 Å². The Labute approximate surface area is 239 Å². The monoisotopic (exact) mass is 544 g/mol. The molecular weight excluding hydrogens is 504 g/mol. The first-order chi connectivity index (χ1) is 18.5. The minimum Gasteiger partial charge on any atom is -0.497 e. The van der Waals surface area contributed by atoms with E-state index in [-0.39, 0.29) is 16.9 Å². The minimum absolute atomic E-state index is 0.0454. The predicted octanol–water partition coefficient (Wildman–Crippen LogP) is 8.27. The standard InChI is InChI=1S/C34H41ClN2O2/c1-33(2)26-20-24(38-7)14-16-28(26)36(5)30(33)18-12-22-10-9-11-23(32(22)35)13-19-31-34(3,4)27-21-25(39-8)15-17-29(27)37(31)6/h12-21,30H,9-11H2,1-8H3. The number of nitrogens with zero attached hydrogens (tertiary/aromatic N) is 2. The maximum Gasteiger partial charge on any atom is 0.119 e. The molecule has 0 amide bonds. The first-order valence-corrected chi connectivity index (χ1v) is 14.2. The molecule has 0 N–H and O–H groups in total. The highest BCUT2D eigenvalue weighted by atomic mass is 35.5. The third kappa shape index (κ3) is 4.57. The maximum absolute atomic E-state index is 7.06. The summed E-state index contributed by atoms with van der Waals surface area (Å²) in [5, 5.41) is 0.893. The van der Waals surface area contributed by atoms with Crippen LogP contribution < -0.4 is 19.3 Å². The Bertz CT molecular complexity index is 1410. The highest BCUT2D eigenvalue weighted by molar-refractivity contribution is 6.32. The molecule has 0 bridgehead atoms. The third-order valence-electron chi connectivity index (χ3n) is 9.05. The molecule has 0 aromatic heterocycles. The van der Waals surface area contributed by atoms with Crippen molar-refractivity contribution >= 4 is 23.0 Å². The van der Waals surface area contributed by atoms with E-state index in [9.17, 15) is 0 Å². The van der Waals surface area contributed by atoms with Gasteiger partial charge in [-0.2, -0.15) is 0 Å². The second kappa shape index (κ2) is 10.1. The predicted molar refractivity (Wildman–Crippen MR) is 165 cm³/mol. The van der Waals surface area contributed by atoms with Crippen LogP contribution in [0.2, 0.25) is 0 Å². The Kier molecular flexibility index (Phi) is 7.13. The van der Waals surface area contributed by atoms with E-state index in [0.717, 1.165) is 35.8 Å². The van der Waals surface area contributed by atoms with Crippen LogP contribution in [0.4, 0.5) is 11.4 Å². The van der Waals surface area contributed by atoms with E-state index in [2.05, 4.69) is 100 Å². The lowest BCUT2D eigenvalue weighted by Gasteiger charge is -2.30. The topological polar surface area (TPSA) is 24.9 Å². The SMILES string of the molecule is COc1ccc2c(c1)C(C)(C)C(=CC=C1CCCC(C=CC3N(C)c4ccc(OC)cc4C3(C)C)=C1Cl)N2C. The van der Waals surface area contributed by atoms with Crippen LogP contribution in [0.1, 0.15) is 58.1 Å². The van der Waals surface area contributed by atoms with Crippen molar-refractivity contribution in [2.24, 2.45) is 0 Å². The summed E-state index contributed by atoms with van der Waals surface area (Å²) in [6.45, 7) is 9.18. The van der Waals surface area contributed by atoms with E-state index < -0.39 is 0 Å². The van der Waals surface area contributed by atoms with Crippen molar-refractivity contribution < 1.29 is 9.47 Å². The van der Waals surface area contributed by atoms with Crippen LogP contribution in [-0.2, 0) is 10.8 Å². The molecule has 2 aromatic carbocycles.